The number of unbranched alkanes of at least 4 members (excludes halogenated alkanes) is 3. The number of primary amides is 1. The molecular weight excluding hydrogens is 1000 g/mol. The first-order valence-corrected chi connectivity index (χ1v) is 26.7. The number of hydrogen-bond acceptors (Lipinski definition) is 15. The maximum absolute atomic E-state index is 13.6. The van der Waals surface area contributed by atoms with Crippen LogP contribution in [0.2, 0.25) is 0 Å². The molecule has 0 radical (unpaired) electrons. The molecule has 12 amide bonds. The second-order valence-electron chi connectivity index (χ2n) is 20.4. The van der Waals surface area contributed by atoms with E-state index in [0.29, 0.717) is 58.0 Å². The van der Waals surface area contributed by atoms with E-state index in [1.165, 1.54) is 48.5 Å². The Bertz CT molecular complexity index is 1970. The highest BCUT2D eigenvalue weighted by atomic mass is 16.2. The van der Waals surface area contributed by atoms with E-state index < -0.39 is 137 Å². The van der Waals surface area contributed by atoms with Gasteiger partial charge in [-0.3, -0.25) is 57.5 Å². The fourth-order valence-corrected chi connectivity index (χ4v) is 7.43. The van der Waals surface area contributed by atoms with Gasteiger partial charge in [0, 0.05) is 6.92 Å². The van der Waals surface area contributed by atoms with E-state index in [9.17, 15) is 57.5 Å². The quantitative estimate of drug-likeness (QED) is 0.0266. The Labute approximate surface area is 453 Å². The van der Waals surface area contributed by atoms with Gasteiger partial charge in [-0.1, -0.05) is 27.7 Å². The summed E-state index contributed by atoms with van der Waals surface area (Å²) in [5.41, 5.74) is 22.3. The van der Waals surface area contributed by atoms with Crippen LogP contribution in [-0.2, 0) is 57.5 Å². The number of rotatable bonds is 38. The van der Waals surface area contributed by atoms with E-state index >= 15 is 0 Å². The molecule has 0 aliphatic heterocycles. The number of carbonyl (C=O) groups is 12. The minimum atomic E-state index is -1.25. The van der Waals surface area contributed by atoms with Crippen molar-refractivity contribution >= 4 is 70.9 Å². The maximum Gasteiger partial charge on any atom is 0.243 e. The van der Waals surface area contributed by atoms with E-state index in [2.05, 4.69) is 58.5 Å². The lowest BCUT2D eigenvalue weighted by Crippen LogP contribution is -2.59. The first-order valence-electron chi connectivity index (χ1n) is 26.7. The van der Waals surface area contributed by atoms with Crippen molar-refractivity contribution in [2.75, 3.05) is 19.6 Å². The molecule has 27 nitrogen and oxygen atoms in total. The molecule has 0 saturated heterocycles. The molecule has 0 aliphatic carbocycles. The predicted molar refractivity (Wildman–Crippen MR) is 288 cm³/mol. The molecule has 27 heteroatoms. The Balaban J connectivity index is 5.78. The molecule has 11 atom stereocenters. The van der Waals surface area contributed by atoms with Crippen molar-refractivity contribution in [3.05, 3.63) is 0 Å². The van der Waals surface area contributed by atoms with E-state index in [4.69, 9.17) is 22.9 Å². The minimum Gasteiger partial charge on any atom is -0.368 e. The van der Waals surface area contributed by atoms with Crippen LogP contribution in [0.4, 0.5) is 0 Å². The van der Waals surface area contributed by atoms with Crippen molar-refractivity contribution in [2.24, 2.45) is 34.8 Å². The van der Waals surface area contributed by atoms with Crippen molar-refractivity contribution in [2.45, 2.75) is 213 Å². The molecule has 0 saturated carbocycles. The second kappa shape index (κ2) is 37.3. The molecule has 0 unspecified atom stereocenters. The zero-order valence-corrected chi connectivity index (χ0v) is 47.1. The summed E-state index contributed by atoms with van der Waals surface area (Å²) in [7, 11) is 0. The van der Waals surface area contributed by atoms with E-state index in [1.807, 2.05) is 27.7 Å². The van der Waals surface area contributed by atoms with Gasteiger partial charge in [-0.05, 0) is 144 Å². The van der Waals surface area contributed by atoms with Crippen LogP contribution in [0.15, 0.2) is 0 Å². The van der Waals surface area contributed by atoms with E-state index in [1.54, 1.807) is 0 Å². The largest absolute Gasteiger partial charge is 0.368 e. The third-order valence-electron chi connectivity index (χ3n) is 12.0. The lowest BCUT2D eigenvalue weighted by molar-refractivity contribution is -0.135. The summed E-state index contributed by atoms with van der Waals surface area (Å²) in [6, 6.07) is -12.5. The number of nitrogens with two attached hydrogens (primary N) is 4. The smallest absolute Gasteiger partial charge is 0.243 e. The Morgan fingerprint density at radius 2 is 0.519 bits per heavy atom. The van der Waals surface area contributed by atoms with Crippen LogP contribution < -0.4 is 81.4 Å². The fourth-order valence-electron chi connectivity index (χ4n) is 7.43. The zero-order valence-electron chi connectivity index (χ0n) is 47.1. The van der Waals surface area contributed by atoms with Gasteiger partial charge in [0.05, 0.1) is 0 Å². The van der Waals surface area contributed by atoms with Crippen LogP contribution in [0.3, 0.4) is 0 Å². The highest BCUT2D eigenvalue weighted by Gasteiger charge is 2.33. The van der Waals surface area contributed by atoms with Crippen molar-refractivity contribution in [1.82, 2.24) is 58.5 Å². The van der Waals surface area contributed by atoms with Crippen LogP contribution in [0.25, 0.3) is 0 Å². The SMILES string of the molecule is CC(=O)N[C@@H](CC(C)C)C(=O)N[C@@H](CCCCN)C(=O)N[C@@H](C)C(=O)N[C@@H](C)C(=O)N[C@@H](CCCCN)C(=O)N[C@@H](C)C(=O)N[C@@H](C)C(=O)N[C@@H](C)C(=O)N[C@@H](CCCCN)C(=O)N[C@@H](CC(C)C)C(=O)N[C@@H](C)C(N)=O. The summed E-state index contributed by atoms with van der Waals surface area (Å²) in [4.78, 5) is 157. The molecule has 0 bridgehead atoms. The average Bonchev–Trinajstić information content (AvgIpc) is 3.33. The molecule has 0 aromatic carbocycles. The van der Waals surface area contributed by atoms with Gasteiger partial charge in [0.15, 0.2) is 0 Å². The molecule has 77 heavy (non-hydrogen) atoms. The number of carbonyl (C=O) groups excluding carboxylic acids is 12. The molecule has 0 spiro atoms. The van der Waals surface area contributed by atoms with Gasteiger partial charge in [0.1, 0.15) is 66.5 Å². The van der Waals surface area contributed by atoms with Gasteiger partial charge in [0.25, 0.3) is 0 Å². The van der Waals surface area contributed by atoms with E-state index in [-0.39, 0.29) is 44.1 Å². The monoisotopic (exact) mass is 1100 g/mol. The van der Waals surface area contributed by atoms with Gasteiger partial charge in [-0.25, -0.2) is 0 Å². The van der Waals surface area contributed by atoms with Crippen LogP contribution in [0, 0.1) is 11.8 Å². The highest BCUT2D eigenvalue weighted by Crippen LogP contribution is 2.11. The van der Waals surface area contributed by atoms with Gasteiger partial charge in [-0.15, -0.1) is 0 Å². The van der Waals surface area contributed by atoms with Crippen molar-refractivity contribution in [3.63, 3.8) is 0 Å². The first-order chi connectivity index (χ1) is 36.0. The van der Waals surface area contributed by atoms with Gasteiger partial charge in [0.2, 0.25) is 70.9 Å². The molecule has 0 aromatic heterocycles. The van der Waals surface area contributed by atoms with Gasteiger partial charge >= 0.3 is 0 Å². The zero-order chi connectivity index (χ0) is 59.1. The predicted octanol–water partition coefficient (Wildman–Crippen LogP) is -3.58. The summed E-state index contributed by atoms with van der Waals surface area (Å²) in [5, 5.41) is 28.2. The second-order valence-corrected chi connectivity index (χ2v) is 20.4. The summed E-state index contributed by atoms with van der Waals surface area (Å²) < 4.78 is 0. The van der Waals surface area contributed by atoms with Gasteiger partial charge < -0.3 is 81.4 Å². The Hall–Kier alpha value is -6.48. The molecule has 19 N–H and O–H groups in total. The number of amides is 12. The van der Waals surface area contributed by atoms with Crippen molar-refractivity contribution in [3.8, 4) is 0 Å². The number of hydrogen-bond donors (Lipinski definition) is 15. The van der Waals surface area contributed by atoms with Gasteiger partial charge in [-0.2, -0.15) is 0 Å². The first kappa shape index (κ1) is 70.5. The summed E-state index contributed by atoms with van der Waals surface area (Å²) in [6.07, 6.45) is 3.79. The average molecular weight is 1100 g/mol. The lowest BCUT2D eigenvalue weighted by Gasteiger charge is -2.26. The topological polar surface area (TPSA) is 441 Å². The fraction of sp³-hybridized carbons (Fsp3) is 0.760. The molecule has 0 aliphatic rings. The molecule has 0 fully saturated rings. The molecule has 0 aromatic rings. The van der Waals surface area contributed by atoms with E-state index in [0.717, 1.165) is 0 Å². The molecule has 0 rings (SSSR count). The Kier molecular flexibility index (Phi) is 34.2. The number of nitrogens with one attached hydrogen (secondary N) is 11. The van der Waals surface area contributed by atoms with Crippen LogP contribution >= 0.6 is 0 Å². The summed E-state index contributed by atoms with van der Waals surface area (Å²) in [5.74, 6) is -8.43. The maximum atomic E-state index is 13.6. The summed E-state index contributed by atoms with van der Waals surface area (Å²) >= 11 is 0. The minimum absolute atomic E-state index is 0.0410. The molecule has 0 heterocycles. The Morgan fingerprint density at radius 1 is 0.299 bits per heavy atom. The Morgan fingerprint density at radius 3 is 0.805 bits per heavy atom. The van der Waals surface area contributed by atoms with Crippen molar-refractivity contribution < 1.29 is 57.5 Å². The third kappa shape index (κ3) is 29.0. The molecule has 440 valence electrons. The standard InChI is InChI=1S/C50H93N15O12/c1-26(2)24-38(61-34(11)66)50(77)64-36(19-13-16-22-52)47(74)60-31(8)43(70)58-32(9)44(71)62-35(18-12-15-21-51)46(73)59-30(7)42(69)56-29(6)41(68)57-33(10)45(72)63-37(20-14-17-23-53)48(75)65-39(25-27(3)4)49(76)55-28(5)40(54)67/h26-33,35-39H,12-25,51-53H2,1-11H3,(H2,54,67)(H,55,76)(H,56,69)(H,57,68)(H,58,70)(H,59,73)(H,60,74)(H,61,66)(H,62,71)(H,63,72)(H,64,77)(H,65,75)/t28-,29-,30-,31-,32-,33-,35-,36-,37-,38-,39-/m0/s1. The van der Waals surface area contributed by atoms with Crippen LogP contribution in [0.1, 0.15) is 147 Å². The van der Waals surface area contributed by atoms with Crippen molar-refractivity contribution in [1.29, 1.82) is 0 Å². The highest BCUT2D eigenvalue weighted by molar-refractivity contribution is 5.98. The summed E-state index contributed by atoms with van der Waals surface area (Å²) in [6.45, 7) is 17.8. The lowest BCUT2D eigenvalue weighted by atomic mass is 10.0. The van der Waals surface area contributed by atoms with Crippen LogP contribution in [0.5, 0.6) is 0 Å². The molecular formula is C50H93N15O12. The van der Waals surface area contributed by atoms with Crippen LogP contribution in [-0.4, -0.2) is 157 Å². The third-order valence-corrected chi connectivity index (χ3v) is 12.0. The normalized spacial score (nSPS) is 15.4.